The minimum Gasteiger partial charge on any atom is -0.478 e. The van der Waals surface area contributed by atoms with Crippen LogP contribution >= 0.6 is 0 Å². The molecule has 8 heteroatoms. The molecule has 0 saturated carbocycles. The molecule has 0 aliphatic carbocycles. The van der Waals surface area contributed by atoms with E-state index in [1.54, 1.807) is 37.1 Å². The van der Waals surface area contributed by atoms with Gasteiger partial charge in [0.15, 0.2) is 0 Å². The van der Waals surface area contributed by atoms with Crippen molar-refractivity contribution in [2.24, 2.45) is 4.99 Å². The van der Waals surface area contributed by atoms with E-state index >= 15 is 0 Å². The van der Waals surface area contributed by atoms with Crippen LogP contribution in [0.4, 0.5) is 0 Å². The summed E-state index contributed by atoms with van der Waals surface area (Å²) in [4.78, 5) is 42.3. The number of likely N-dealkylation sites (tertiary alicyclic amines) is 1. The van der Waals surface area contributed by atoms with Gasteiger partial charge in [0.05, 0.1) is 17.7 Å². The van der Waals surface area contributed by atoms with Gasteiger partial charge >= 0.3 is 5.97 Å². The number of carbonyl (C=O) groups is 3. The highest BCUT2D eigenvalue weighted by Gasteiger charge is 2.32. The maximum absolute atomic E-state index is 12.6. The summed E-state index contributed by atoms with van der Waals surface area (Å²) in [5.74, 6) is -1.40. The molecule has 2 N–H and O–H groups in total. The van der Waals surface area contributed by atoms with Gasteiger partial charge in [-0.2, -0.15) is 0 Å². The first kappa shape index (κ1) is 26.0. The summed E-state index contributed by atoms with van der Waals surface area (Å²) in [6, 6.07) is 6.06. The number of methoxy groups -OCH3 is 1. The molecule has 1 aromatic carbocycles. The van der Waals surface area contributed by atoms with Gasteiger partial charge in [-0.3, -0.25) is 14.6 Å². The highest BCUT2D eigenvalue weighted by molar-refractivity contribution is 6.38. The Kier molecular flexibility index (Phi) is 9.54. The molecule has 2 rings (SSSR count). The van der Waals surface area contributed by atoms with Crippen molar-refractivity contribution in [1.82, 2.24) is 10.2 Å². The Labute approximate surface area is 195 Å². The molecule has 2 atom stereocenters. The topological polar surface area (TPSA) is 108 Å². The van der Waals surface area contributed by atoms with Crippen LogP contribution in [-0.4, -0.2) is 65.8 Å². The summed E-state index contributed by atoms with van der Waals surface area (Å²) < 4.78 is 5.56. The number of nitrogens with one attached hydrogen (secondary N) is 1. The molecule has 1 aromatic rings. The van der Waals surface area contributed by atoms with Crippen LogP contribution < -0.4 is 5.32 Å². The lowest BCUT2D eigenvalue weighted by molar-refractivity contribution is -0.130. The first-order valence-electron chi connectivity index (χ1n) is 11.0. The molecular formula is C25H33N3O5. The number of nitrogens with zero attached hydrogens (tertiary/aromatic N) is 2. The van der Waals surface area contributed by atoms with Crippen molar-refractivity contribution in [3.63, 3.8) is 0 Å². The highest BCUT2D eigenvalue weighted by Crippen LogP contribution is 2.16. The molecule has 33 heavy (non-hydrogen) atoms. The molecule has 2 amide bonds. The van der Waals surface area contributed by atoms with E-state index in [9.17, 15) is 14.4 Å². The van der Waals surface area contributed by atoms with Crippen molar-refractivity contribution in [1.29, 1.82) is 0 Å². The van der Waals surface area contributed by atoms with Gasteiger partial charge < -0.3 is 20.1 Å². The molecule has 0 radical (unpaired) electrons. The Bertz CT molecular complexity index is 963. The monoisotopic (exact) mass is 455 g/mol. The number of carboxylic acid groups (broad SMARTS) is 1. The van der Waals surface area contributed by atoms with Gasteiger partial charge in [0.25, 0.3) is 5.91 Å². The number of amides is 2. The smallest absolute Gasteiger partial charge is 0.335 e. The zero-order valence-electron chi connectivity index (χ0n) is 19.9. The lowest BCUT2D eigenvalue weighted by Gasteiger charge is -2.37. The van der Waals surface area contributed by atoms with Crippen molar-refractivity contribution < 1.29 is 24.2 Å². The van der Waals surface area contributed by atoms with Crippen LogP contribution in [0.25, 0.3) is 6.08 Å². The van der Waals surface area contributed by atoms with Crippen LogP contribution in [0.2, 0.25) is 0 Å². The quantitative estimate of drug-likeness (QED) is 0.462. The van der Waals surface area contributed by atoms with Crippen LogP contribution in [0.15, 0.2) is 46.6 Å². The fraction of sp³-hybridized carbons (Fsp3) is 0.440. The highest BCUT2D eigenvalue weighted by atomic mass is 16.5. The van der Waals surface area contributed by atoms with Gasteiger partial charge in [-0.25, -0.2) is 4.79 Å². The molecule has 1 heterocycles. The van der Waals surface area contributed by atoms with E-state index < -0.39 is 5.97 Å². The van der Waals surface area contributed by atoms with Gasteiger partial charge in [-0.05, 0) is 57.4 Å². The van der Waals surface area contributed by atoms with E-state index in [0.29, 0.717) is 25.2 Å². The second-order valence-corrected chi connectivity index (χ2v) is 8.10. The largest absolute Gasteiger partial charge is 0.478 e. The third-order valence-corrected chi connectivity index (χ3v) is 5.88. The average molecular weight is 456 g/mol. The third-order valence-electron chi connectivity index (χ3n) is 5.88. The number of carbonyl (C=O) groups excluding carboxylic acids is 2. The van der Waals surface area contributed by atoms with Gasteiger partial charge in [-0.15, -0.1) is 0 Å². The fourth-order valence-corrected chi connectivity index (χ4v) is 3.46. The number of carboxylic acids is 1. The zero-order chi connectivity index (χ0) is 24.5. The van der Waals surface area contributed by atoms with E-state index in [4.69, 9.17) is 9.84 Å². The molecule has 0 bridgehead atoms. The summed E-state index contributed by atoms with van der Waals surface area (Å²) in [6.45, 7) is 8.47. The molecule has 178 valence electrons. The van der Waals surface area contributed by atoms with Crippen molar-refractivity contribution in [3.05, 3.63) is 52.7 Å². The standard InChI is InChI=1S/C25H33N3O5/c1-6-16(2)17(3)26-18(4)24(30)27-21-13-14-28(15-22(21)33-5)23(29)12-9-19-7-10-20(11-8-19)25(31)32/h7-12,21-22H,6,13-15H2,1-5H3,(H,27,30)(H,31,32)/b12-9+,17-16+,26-18+/t21-,22?/m1/s1. The molecule has 1 saturated heterocycles. The van der Waals surface area contributed by atoms with E-state index in [2.05, 4.69) is 10.3 Å². The number of aliphatic imine (C=N–C) groups is 1. The van der Waals surface area contributed by atoms with E-state index in [-0.39, 0.29) is 29.5 Å². The number of hydrogen-bond acceptors (Lipinski definition) is 5. The Morgan fingerprint density at radius 2 is 1.88 bits per heavy atom. The molecule has 0 aromatic heterocycles. The number of allylic oxidation sites excluding steroid dienone is 2. The minimum atomic E-state index is -0.994. The number of benzene rings is 1. The molecule has 8 nitrogen and oxygen atoms in total. The normalized spacial score (nSPS) is 19.9. The minimum absolute atomic E-state index is 0.169. The number of rotatable bonds is 8. The first-order valence-corrected chi connectivity index (χ1v) is 11.0. The van der Waals surface area contributed by atoms with Crippen LogP contribution in [0.3, 0.4) is 0 Å². The molecule has 1 aliphatic rings. The lowest BCUT2D eigenvalue weighted by Crippen LogP contribution is -2.56. The van der Waals surface area contributed by atoms with Crippen molar-refractivity contribution in [2.75, 3.05) is 20.2 Å². The fourth-order valence-electron chi connectivity index (χ4n) is 3.46. The molecular weight excluding hydrogens is 422 g/mol. The van der Waals surface area contributed by atoms with Crippen LogP contribution in [-0.2, 0) is 14.3 Å². The van der Waals surface area contributed by atoms with Crippen molar-refractivity contribution in [2.45, 2.75) is 52.7 Å². The maximum atomic E-state index is 12.6. The zero-order valence-corrected chi connectivity index (χ0v) is 19.9. The summed E-state index contributed by atoms with van der Waals surface area (Å²) in [5.41, 5.74) is 3.30. The number of piperidine rings is 1. The van der Waals surface area contributed by atoms with Gasteiger partial charge in [0.1, 0.15) is 5.71 Å². The second-order valence-electron chi connectivity index (χ2n) is 8.10. The van der Waals surface area contributed by atoms with E-state index in [0.717, 1.165) is 23.3 Å². The summed E-state index contributed by atoms with van der Waals surface area (Å²) in [5, 5.41) is 12.0. The lowest BCUT2D eigenvalue weighted by atomic mass is 10.0. The van der Waals surface area contributed by atoms with E-state index in [1.165, 1.54) is 18.2 Å². The molecule has 1 fully saturated rings. The maximum Gasteiger partial charge on any atom is 0.335 e. The molecule has 1 unspecified atom stereocenters. The van der Waals surface area contributed by atoms with E-state index in [1.807, 2.05) is 20.8 Å². The second kappa shape index (κ2) is 12.1. The predicted octanol–water partition coefficient (Wildman–Crippen LogP) is 3.29. The number of hydrogen-bond donors (Lipinski definition) is 2. The van der Waals surface area contributed by atoms with Gasteiger partial charge in [0, 0.05) is 32.0 Å². The third kappa shape index (κ3) is 7.39. The Hall–Kier alpha value is -3.26. The average Bonchev–Trinajstić information content (AvgIpc) is 2.82. The number of aromatic carboxylic acids is 1. The van der Waals surface area contributed by atoms with Crippen molar-refractivity contribution in [3.8, 4) is 0 Å². The van der Waals surface area contributed by atoms with Crippen LogP contribution in [0.5, 0.6) is 0 Å². The van der Waals surface area contributed by atoms with Crippen LogP contribution in [0, 0.1) is 0 Å². The Morgan fingerprint density at radius 3 is 2.45 bits per heavy atom. The first-order chi connectivity index (χ1) is 15.7. The van der Waals surface area contributed by atoms with Gasteiger partial charge in [-0.1, -0.05) is 24.6 Å². The Morgan fingerprint density at radius 1 is 1.21 bits per heavy atom. The van der Waals surface area contributed by atoms with Gasteiger partial charge in [0.2, 0.25) is 5.91 Å². The summed E-state index contributed by atoms with van der Waals surface area (Å²) in [6.07, 6.45) is 4.22. The molecule has 1 aliphatic heterocycles. The Balaban J connectivity index is 1.97. The van der Waals surface area contributed by atoms with Crippen LogP contribution in [0.1, 0.15) is 56.5 Å². The molecule has 0 spiro atoms. The number of ether oxygens (including phenoxy) is 1. The summed E-state index contributed by atoms with van der Waals surface area (Å²) in [7, 11) is 1.57. The summed E-state index contributed by atoms with van der Waals surface area (Å²) >= 11 is 0. The van der Waals surface area contributed by atoms with Crippen molar-refractivity contribution >= 4 is 29.6 Å². The SMILES string of the molecule is CC/C(C)=C(C)/N=C(\C)C(=O)N[C@@H]1CCN(C(=O)/C=C/c2ccc(C(=O)O)cc2)CC1OC. The predicted molar refractivity (Wildman–Crippen MR) is 128 cm³/mol.